The molecule has 198 valence electrons. The summed E-state index contributed by atoms with van der Waals surface area (Å²) in [5, 5.41) is 22.1. The van der Waals surface area contributed by atoms with Crippen LogP contribution in [0.3, 0.4) is 0 Å². The van der Waals surface area contributed by atoms with E-state index < -0.39 is 6.23 Å². The number of nitrogens with two attached hydrogens (primary N) is 1. The lowest BCUT2D eigenvalue weighted by Gasteiger charge is -2.40. The second-order valence-corrected chi connectivity index (χ2v) is 10.9. The highest BCUT2D eigenvalue weighted by Crippen LogP contribution is 2.47. The van der Waals surface area contributed by atoms with Crippen molar-refractivity contribution in [2.75, 3.05) is 36.2 Å². The molecule has 3 aliphatic rings. The van der Waals surface area contributed by atoms with Crippen LogP contribution in [-0.2, 0) is 6.54 Å². The molecular formula is C26H33FN6O3S. The number of pyridine rings is 3. The van der Waals surface area contributed by atoms with E-state index in [1.54, 1.807) is 24.9 Å². The predicted molar refractivity (Wildman–Crippen MR) is 142 cm³/mol. The summed E-state index contributed by atoms with van der Waals surface area (Å²) >= 11 is 1.60. The SMILES string of the molecule is COc1ccc2ncc(F)c(N3CCC4(CCC(O)C4)CC3)c2n1.NCc1ccc2c(n1)NC(O)CS2. The number of hydrogen-bond acceptors (Lipinski definition) is 10. The van der Waals surface area contributed by atoms with Gasteiger partial charge in [-0.3, -0.25) is 4.98 Å². The first-order valence-corrected chi connectivity index (χ1v) is 13.6. The van der Waals surface area contributed by atoms with Crippen LogP contribution in [0.4, 0.5) is 15.9 Å². The number of rotatable bonds is 3. The van der Waals surface area contributed by atoms with Gasteiger partial charge in [0, 0.05) is 36.3 Å². The number of thioether (sulfide) groups is 1. The first-order chi connectivity index (χ1) is 17.9. The Morgan fingerprint density at radius 1 is 1.19 bits per heavy atom. The number of aliphatic hydroxyl groups excluding tert-OH is 2. The molecule has 6 rings (SSSR count). The van der Waals surface area contributed by atoms with Crippen LogP contribution in [0.15, 0.2) is 35.4 Å². The molecule has 0 radical (unpaired) electrons. The number of methoxy groups -OCH3 is 1. The maximum absolute atomic E-state index is 14.5. The molecule has 2 aliphatic heterocycles. The molecule has 5 N–H and O–H groups in total. The van der Waals surface area contributed by atoms with Gasteiger partial charge < -0.3 is 30.9 Å². The molecule has 0 amide bonds. The van der Waals surface area contributed by atoms with Crippen LogP contribution in [0, 0.1) is 11.2 Å². The first kappa shape index (κ1) is 25.9. The van der Waals surface area contributed by atoms with Crippen LogP contribution in [0.25, 0.3) is 11.0 Å². The van der Waals surface area contributed by atoms with E-state index in [0.717, 1.165) is 61.6 Å². The van der Waals surface area contributed by atoms with Gasteiger partial charge in [-0.2, -0.15) is 0 Å². The number of hydrogen-bond donors (Lipinski definition) is 4. The molecule has 1 saturated carbocycles. The standard InChI is InChI=1S/C18H22FN3O2.C8H11N3OS/c1-24-15-3-2-14-16(21-15)17(13(19)11-20-14)22-8-6-18(7-9-22)5-4-12(23)10-18;9-3-5-1-2-6-8(10-5)11-7(12)4-13-6/h2-3,11-12,23H,4-10H2,1H3;1-2,7,12H,3-4,9H2,(H,10,11). The monoisotopic (exact) mass is 528 g/mol. The molecule has 1 saturated heterocycles. The average Bonchev–Trinajstić information content (AvgIpc) is 3.28. The van der Waals surface area contributed by atoms with Crippen molar-refractivity contribution in [3.63, 3.8) is 0 Å². The third kappa shape index (κ3) is 5.59. The zero-order valence-corrected chi connectivity index (χ0v) is 21.7. The highest BCUT2D eigenvalue weighted by Gasteiger charge is 2.41. The van der Waals surface area contributed by atoms with E-state index in [4.69, 9.17) is 10.5 Å². The lowest BCUT2D eigenvalue weighted by molar-refractivity contribution is 0.144. The summed E-state index contributed by atoms with van der Waals surface area (Å²) < 4.78 is 19.7. The maximum atomic E-state index is 14.5. The Bertz CT molecular complexity index is 1260. The third-order valence-corrected chi connectivity index (χ3v) is 8.59. The van der Waals surface area contributed by atoms with Gasteiger partial charge in [-0.1, -0.05) is 0 Å². The van der Waals surface area contributed by atoms with Gasteiger partial charge in [0.05, 0.1) is 30.6 Å². The Balaban J connectivity index is 0.000000182. The number of aromatic nitrogens is 3. The van der Waals surface area contributed by atoms with Crippen molar-refractivity contribution < 1.29 is 19.3 Å². The van der Waals surface area contributed by atoms with Crippen molar-refractivity contribution in [3.05, 3.63) is 42.0 Å². The number of halogens is 1. The van der Waals surface area contributed by atoms with Crippen molar-refractivity contribution in [3.8, 4) is 5.88 Å². The summed E-state index contributed by atoms with van der Waals surface area (Å²) in [5.41, 5.74) is 8.27. The second kappa shape index (κ2) is 10.9. The number of piperidine rings is 1. The molecule has 1 aliphatic carbocycles. The van der Waals surface area contributed by atoms with Gasteiger partial charge in [-0.15, -0.1) is 11.8 Å². The van der Waals surface area contributed by atoms with Gasteiger partial charge in [0.2, 0.25) is 5.88 Å². The quantitative estimate of drug-likeness (QED) is 0.402. The van der Waals surface area contributed by atoms with Crippen LogP contribution in [0.1, 0.15) is 37.8 Å². The summed E-state index contributed by atoms with van der Waals surface area (Å²) in [6.45, 7) is 1.99. The largest absolute Gasteiger partial charge is 0.481 e. The molecule has 2 fully saturated rings. The van der Waals surface area contributed by atoms with Gasteiger partial charge in [0.15, 0.2) is 5.82 Å². The third-order valence-electron chi connectivity index (χ3n) is 7.47. The van der Waals surface area contributed by atoms with Crippen LogP contribution < -0.4 is 20.7 Å². The predicted octanol–water partition coefficient (Wildman–Crippen LogP) is 3.29. The topological polar surface area (TPSA) is 130 Å². The number of nitrogens with zero attached hydrogens (tertiary/aromatic N) is 4. The fourth-order valence-electron chi connectivity index (χ4n) is 5.45. The second-order valence-electron chi connectivity index (χ2n) is 9.88. The smallest absolute Gasteiger partial charge is 0.213 e. The lowest BCUT2D eigenvalue weighted by Crippen LogP contribution is -2.39. The lowest BCUT2D eigenvalue weighted by atomic mass is 9.77. The normalized spacial score (nSPS) is 22.2. The molecular weight excluding hydrogens is 495 g/mol. The molecule has 3 aromatic heterocycles. The summed E-state index contributed by atoms with van der Waals surface area (Å²) in [4.78, 5) is 16.0. The fourth-order valence-corrected chi connectivity index (χ4v) is 6.28. The van der Waals surface area contributed by atoms with E-state index in [-0.39, 0.29) is 17.3 Å². The van der Waals surface area contributed by atoms with Crippen molar-refractivity contribution in [2.45, 2.75) is 55.9 Å². The summed E-state index contributed by atoms with van der Waals surface area (Å²) in [5.74, 6) is 1.53. The number of ether oxygens (including phenoxy) is 1. The van der Waals surface area contributed by atoms with Crippen molar-refractivity contribution in [1.82, 2.24) is 15.0 Å². The van der Waals surface area contributed by atoms with Crippen molar-refractivity contribution in [1.29, 1.82) is 0 Å². The molecule has 0 bridgehead atoms. The average molecular weight is 529 g/mol. The van der Waals surface area contributed by atoms with Crippen LogP contribution in [-0.4, -0.2) is 63.4 Å². The number of fused-ring (bicyclic) bond motifs is 2. The highest BCUT2D eigenvalue weighted by atomic mass is 32.2. The molecule has 1 spiro atoms. The fraction of sp³-hybridized carbons (Fsp3) is 0.500. The number of nitrogens with one attached hydrogen (secondary N) is 1. The molecule has 3 aromatic rings. The molecule has 9 nitrogen and oxygen atoms in total. The molecule has 2 unspecified atom stereocenters. The van der Waals surface area contributed by atoms with Crippen LogP contribution in [0.5, 0.6) is 5.88 Å². The highest BCUT2D eigenvalue weighted by molar-refractivity contribution is 7.99. The Labute approximate surface area is 219 Å². The van der Waals surface area contributed by atoms with E-state index in [2.05, 4.69) is 25.2 Å². The minimum absolute atomic E-state index is 0.166. The van der Waals surface area contributed by atoms with Gasteiger partial charge in [-0.25, -0.2) is 14.4 Å². The Hall–Kier alpha value is -2.73. The van der Waals surface area contributed by atoms with E-state index in [1.807, 2.05) is 18.2 Å². The van der Waals surface area contributed by atoms with Crippen LogP contribution in [0.2, 0.25) is 0 Å². The number of aliphatic hydroxyl groups is 2. The van der Waals surface area contributed by atoms with Crippen molar-refractivity contribution in [2.24, 2.45) is 11.1 Å². The Kier molecular flexibility index (Phi) is 7.66. The number of anilines is 2. The van der Waals surface area contributed by atoms with E-state index >= 15 is 0 Å². The maximum Gasteiger partial charge on any atom is 0.213 e. The van der Waals surface area contributed by atoms with E-state index in [1.165, 1.54) is 6.20 Å². The van der Waals surface area contributed by atoms with Gasteiger partial charge in [0.25, 0.3) is 0 Å². The molecule has 11 heteroatoms. The Morgan fingerprint density at radius 3 is 2.70 bits per heavy atom. The first-order valence-electron chi connectivity index (χ1n) is 12.6. The zero-order valence-electron chi connectivity index (χ0n) is 20.9. The van der Waals surface area contributed by atoms with E-state index in [0.29, 0.717) is 34.9 Å². The zero-order chi connectivity index (χ0) is 26.0. The summed E-state index contributed by atoms with van der Waals surface area (Å²) in [7, 11) is 1.55. The molecule has 2 atom stereocenters. The minimum atomic E-state index is -0.502. The van der Waals surface area contributed by atoms with Gasteiger partial charge in [0.1, 0.15) is 23.2 Å². The molecule has 0 aromatic carbocycles. The molecule has 5 heterocycles. The van der Waals surface area contributed by atoms with Gasteiger partial charge in [-0.05, 0) is 55.7 Å². The van der Waals surface area contributed by atoms with Crippen LogP contribution >= 0.6 is 11.8 Å². The van der Waals surface area contributed by atoms with E-state index in [9.17, 15) is 14.6 Å². The summed E-state index contributed by atoms with van der Waals surface area (Å²) in [6, 6.07) is 7.43. The summed E-state index contributed by atoms with van der Waals surface area (Å²) in [6.07, 6.45) is 5.43. The van der Waals surface area contributed by atoms with Crippen molar-refractivity contribution >= 4 is 34.3 Å². The Morgan fingerprint density at radius 2 is 2.00 bits per heavy atom. The molecule has 37 heavy (non-hydrogen) atoms. The minimum Gasteiger partial charge on any atom is -0.481 e. The van der Waals surface area contributed by atoms with Gasteiger partial charge >= 0.3 is 0 Å².